The van der Waals surface area contributed by atoms with E-state index in [0.717, 1.165) is 42.8 Å². The first kappa shape index (κ1) is 26.5. The molecule has 2 amide bonds. The van der Waals surface area contributed by atoms with Crippen molar-refractivity contribution in [2.24, 2.45) is 16.8 Å². The van der Waals surface area contributed by atoms with Gasteiger partial charge in [-0.05, 0) is 30.9 Å². The summed E-state index contributed by atoms with van der Waals surface area (Å²) < 4.78 is 5.53. The van der Waals surface area contributed by atoms with Crippen LogP contribution in [0, 0.1) is 11.8 Å². The summed E-state index contributed by atoms with van der Waals surface area (Å²) in [6.45, 7) is 3.53. The zero-order valence-electron chi connectivity index (χ0n) is 23.4. The Kier molecular flexibility index (Phi) is 7.11. The van der Waals surface area contributed by atoms with Crippen molar-refractivity contribution in [1.29, 1.82) is 0 Å². The lowest BCUT2D eigenvalue weighted by molar-refractivity contribution is -0.158. The summed E-state index contributed by atoms with van der Waals surface area (Å²) >= 11 is 0. The fourth-order valence-corrected chi connectivity index (χ4v) is 7.51. The number of hydrogen-bond acceptors (Lipinski definition) is 5. The summed E-state index contributed by atoms with van der Waals surface area (Å²) in [7, 11) is 1.38. The minimum atomic E-state index is -1.37. The normalized spacial score (nSPS) is 29.3. The van der Waals surface area contributed by atoms with Crippen molar-refractivity contribution in [3.8, 4) is 0 Å². The van der Waals surface area contributed by atoms with Gasteiger partial charge in [0, 0.05) is 19.5 Å². The molecule has 0 bridgehead atoms. The molecule has 3 saturated heterocycles. The molecule has 1 saturated carbocycles. The van der Waals surface area contributed by atoms with Crippen LogP contribution in [0.15, 0.2) is 65.7 Å². The Morgan fingerprint density at radius 2 is 1.60 bits per heavy atom. The van der Waals surface area contributed by atoms with Crippen molar-refractivity contribution in [3.05, 3.63) is 71.8 Å². The lowest BCUT2D eigenvalue weighted by atomic mass is 9.76. The first-order valence-electron chi connectivity index (χ1n) is 14.6. The second kappa shape index (κ2) is 10.7. The highest BCUT2D eigenvalue weighted by atomic mass is 16.5. The number of imide groups is 1. The summed E-state index contributed by atoms with van der Waals surface area (Å²) in [5.41, 5.74) is 0.427. The summed E-state index contributed by atoms with van der Waals surface area (Å²) in [6, 6.07) is 19.1. The third-order valence-corrected chi connectivity index (χ3v) is 9.33. The molecule has 4 aliphatic rings. The smallest absolute Gasteiger partial charge is 0.333 e. The van der Waals surface area contributed by atoms with Crippen LogP contribution in [0.25, 0.3) is 0 Å². The van der Waals surface area contributed by atoms with E-state index in [0.29, 0.717) is 13.1 Å². The van der Waals surface area contributed by atoms with Gasteiger partial charge in [0.15, 0.2) is 11.5 Å². The number of hydrogen-bond donors (Lipinski definition) is 0. The summed E-state index contributed by atoms with van der Waals surface area (Å²) in [6.07, 6.45) is 5.78. The second-order valence-electron chi connectivity index (χ2n) is 11.5. The van der Waals surface area contributed by atoms with Gasteiger partial charge in [-0.15, -0.1) is 0 Å². The molecule has 3 heterocycles. The Hall–Kier alpha value is -3.68. The predicted molar refractivity (Wildman–Crippen MR) is 151 cm³/mol. The topological polar surface area (TPSA) is 82.5 Å². The average Bonchev–Trinajstić information content (AvgIpc) is 3.57. The molecule has 0 unspecified atom stereocenters. The Morgan fingerprint density at radius 1 is 0.950 bits per heavy atom. The second-order valence-corrected chi connectivity index (χ2v) is 11.5. The quantitative estimate of drug-likeness (QED) is 0.393. The standard InChI is InChI=1S/C32H38N4O4/c1-3-34-21-25-26-27(29(38)35(28(26)37)20-23-15-9-5-10-16-23)32(30(39)40-2,19-22-13-7-4-8-14-22)36(25)31(34)33-24-17-11-6-12-18-24/h4-5,7-10,13-16,24-27H,3,6,11-12,17-21H2,1-2H3/t25-,26+,27-,32-/m1/s1. The number of methoxy groups -OCH3 is 1. The molecule has 0 N–H and O–H groups in total. The van der Waals surface area contributed by atoms with Crippen LogP contribution in [0.3, 0.4) is 0 Å². The van der Waals surface area contributed by atoms with Gasteiger partial charge in [-0.2, -0.15) is 0 Å². The molecule has 210 valence electrons. The van der Waals surface area contributed by atoms with E-state index in [-0.39, 0.29) is 36.9 Å². The molecular formula is C32H38N4O4. The molecule has 4 atom stereocenters. The van der Waals surface area contributed by atoms with Gasteiger partial charge in [0.25, 0.3) is 0 Å². The van der Waals surface area contributed by atoms with Gasteiger partial charge in [-0.1, -0.05) is 79.9 Å². The monoisotopic (exact) mass is 542 g/mol. The summed E-state index contributed by atoms with van der Waals surface area (Å²) in [4.78, 5) is 53.5. The first-order chi connectivity index (χ1) is 19.5. The number of ether oxygens (including phenoxy) is 1. The maximum atomic E-state index is 14.3. The zero-order chi connectivity index (χ0) is 27.9. The molecule has 2 aromatic carbocycles. The van der Waals surface area contributed by atoms with E-state index in [1.54, 1.807) is 0 Å². The number of rotatable bonds is 7. The van der Waals surface area contributed by atoms with Crippen LogP contribution < -0.4 is 0 Å². The molecule has 6 rings (SSSR count). The van der Waals surface area contributed by atoms with Crippen molar-refractivity contribution in [2.45, 2.75) is 69.6 Å². The zero-order valence-corrected chi connectivity index (χ0v) is 23.4. The number of fused-ring (bicyclic) bond motifs is 3. The largest absolute Gasteiger partial charge is 0.467 e. The van der Waals surface area contributed by atoms with Crippen LogP contribution in [-0.4, -0.2) is 76.3 Å². The van der Waals surface area contributed by atoms with E-state index < -0.39 is 23.3 Å². The Morgan fingerprint density at radius 3 is 2.23 bits per heavy atom. The molecule has 3 aliphatic heterocycles. The van der Waals surface area contributed by atoms with E-state index >= 15 is 0 Å². The third kappa shape index (κ3) is 4.19. The minimum Gasteiger partial charge on any atom is -0.467 e. The van der Waals surface area contributed by atoms with Crippen LogP contribution in [-0.2, 0) is 32.1 Å². The van der Waals surface area contributed by atoms with Gasteiger partial charge in [-0.3, -0.25) is 14.5 Å². The van der Waals surface area contributed by atoms with E-state index in [4.69, 9.17) is 9.73 Å². The molecule has 40 heavy (non-hydrogen) atoms. The van der Waals surface area contributed by atoms with Crippen molar-refractivity contribution in [3.63, 3.8) is 0 Å². The molecular weight excluding hydrogens is 504 g/mol. The van der Waals surface area contributed by atoms with Gasteiger partial charge >= 0.3 is 5.97 Å². The van der Waals surface area contributed by atoms with Crippen LogP contribution in [0.4, 0.5) is 0 Å². The molecule has 4 fully saturated rings. The Bertz CT molecular complexity index is 1290. The van der Waals surface area contributed by atoms with Crippen LogP contribution in [0.1, 0.15) is 50.2 Å². The van der Waals surface area contributed by atoms with Gasteiger partial charge in [0.05, 0.1) is 37.6 Å². The van der Waals surface area contributed by atoms with Gasteiger partial charge in [0.2, 0.25) is 11.8 Å². The molecule has 8 nitrogen and oxygen atoms in total. The molecule has 0 radical (unpaired) electrons. The SMILES string of the molecule is CCN1C[C@@H]2[C@@H]3C(=O)N(Cc4ccccc4)C(=O)[C@@H]3[C@](Cc3ccccc3)(C(=O)OC)N2C1=NC1CCCCC1. The summed E-state index contributed by atoms with van der Waals surface area (Å²) in [5.74, 6) is -1.74. The van der Waals surface area contributed by atoms with Crippen molar-refractivity contribution in [1.82, 2.24) is 14.7 Å². The van der Waals surface area contributed by atoms with Gasteiger partial charge in [0.1, 0.15) is 0 Å². The van der Waals surface area contributed by atoms with E-state index in [9.17, 15) is 14.4 Å². The Labute approximate surface area is 236 Å². The first-order valence-corrected chi connectivity index (χ1v) is 14.6. The van der Waals surface area contributed by atoms with Crippen LogP contribution in [0.2, 0.25) is 0 Å². The van der Waals surface area contributed by atoms with E-state index in [1.807, 2.05) is 60.7 Å². The maximum Gasteiger partial charge on any atom is 0.333 e. The number of benzene rings is 2. The highest BCUT2D eigenvalue weighted by Gasteiger charge is 2.74. The van der Waals surface area contributed by atoms with Crippen LogP contribution >= 0.6 is 0 Å². The highest BCUT2D eigenvalue weighted by molar-refractivity contribution is 6.11. The van der Waals surface area contributed by atoms with Crippen molar-refractivity contribution in [2.75, 3.05) is 20.2 Å². The van der Waals surface area contributed by atoms with Crippen molar-refractivity contribution >= 4 is 23.7 Å². The maximum absolute atomic E-state index is 14.3. The number of aliphatic imine (C=N–C) groups is 1. The molecule has 2 aromatic rings. The fraction of sp³-hybridized carbons (Fsp3) is 0.500. The molecule has 0 aromatic heterocycles. The van der Waals surface area contributed by atoms with E-state index in [2.05, 4.69) is 16.7 Å². The number of guanidine groups is 1. The number of carbonyl (C=O) groups is 3. The number of amides is 2. The van der Waals surface area contributed by atoms with E-state index in [1.165, 1.54) is 18.4 Å². The molecule has 0 spiro atoms. The number of likely N-dealkylation sites (tertiary alicyclic amines) is 1. The Balaban J connectivity index is 1.49. The molecule has 1 aliphatic carbocycles. The van der Waals surface area contributed by atoms with Crippen molar-refractivity contribution < 1.29 is 19.1 Å². The number of esters is 1. The highest BCUT2D eigenvalue weighted by Crippen LogP contribution is 2.54. The lowest BCUT2D eigenvalue weighted by Crippen LogP contribution is -2.61. The third-order valence-electron chi connectivity index (χ3n) is 9.33. The summed E-state index contributed by atoms with van der Waals surface area (Å²) in [5, 5.41) is 0. The van der Waals surface area contributed by atoms with Gasteiger partial charge in [-0.25, -0.2) is 9.79 Å². The predicted octanol–water partition coefficient (Wildman–Crippen LogP) is 3.65. The average molecular weight is 543 g/mol. The minimum absolute atomic E-state index is 0.171. The fourth-order valence-electron chi connectivity index (χ4n) is 7.51. The lowest BCUT2D eigenvalue weighted by Gasteiger charge is -2.41. The number of nitrogens with zero attached hydrogens (tertiary/aromatic N) is 4. The number of likely N-dealkylation sites (N-methyl/N-ethyl adjacent to an activating group) is 1. The van der Waals surface area contributed by atoms with Crippen LogP contribution in [0.5, 0.6) is 0 Å². The van der Waals surface area contributed by atoms with Gasteiger partial charge < -0.3 is 14.5 Å². The number of carbonyl (C=O) groups excluding carboxylic acids is 3. The molecule has 8 heteroatoms.